The zero-order chi connectivity index (χ0) is 18.0. The summed E-state index contributed by atoms with van der Waals surface area (Å²) in [5, 5.41) is 0.471. The third kappa shape index (κ3) is 4.51. The van der Waals surface area contributed by atoms with Crippen LogP contribution in [0, 0.1) is 0 Å². The van der Waals surface area contributed by atoms with Crippen LogP contribution in [0.4, 0.5) is 0 Å². The molecule has 0 saturated carbocycles. The second kappa shape index (κ2) is 7.44. The Hall–Kier alpha value is -1.08. The summed E-state index contributed by atoms with van der Waals surface area (Å²) in [6, 6.07) is 11.7. The van der Waals surface area contributed by atoms with Gasteiger partial charge in [-0.05, 0) is 42.0 Å². The van der Waals surface area contributed by atoms with Crippen LogP contribution >= 0.6 is 27.5 Å². The Bertz CT molecular complexity index is 817. The van der Waals surface area contributed by atoms with Gasteiger partial charge in [0.15, 0.2) is 0 Å². The molecule has 0 N–H and O–H groups in total. The summed E-state index contributed by atoms with van der Waals surface area (Å²) in [6.45, 7) is 3.78. The van der Waals surface area contributed by atoms with Gasteiger partial charge in [0.2, 0.25) is 0 Å². The molecule has 0 aliphatic carbocycles. The lowest BCUT2D eigenvalue weighted by Crippen LogP contribution is -2.26. The molecule has 0 unspecified atom stereocenters. The summed E-state index contributed by atoms with van der Waals surface area (Å²) in [5.41, 5.74) is 0.317. The van der Waals surface area contributed by atoms with Gasteiger partial charge in [-0.1, -0.05) is 47.4 Å². The first-order valence-corrected chi connectivity index (χ1v) is 9.73. The maximum Gasteiger partial charge on any atom is 0.297 e. The van der Waals surface area contributed by atoms with Crippen LogP contribution in [-0.4, -0.2) is 22.1 Å². The van der Waals surface area contributed by atoms with E-state index in [-0.39, 0.29) is 11.5 Å². The van der Waals surface area contributed by atoms with E-state index in [4.69, 9.17) is 20.5 Å². The van der Waals surface area contributed by atoms with Crippen LogP contribution in [0.2, 0.25) is 5.02 Å². The van der Waals surface area contributed by atoms with Gasteiger partial charge in [-0.2, -0.15) is 8.42 Å². The lowest BCUT2D eigenvalue weighted by atomic mass is 9.86. The summed E-state index contributed by atoms with van der Waals surface area (Å²) in [7, 11) is -2.28. The molecule has 0 amide bonds. The van der Waals surface area contributed by atoms with E-state index in [9.17, 15) is 8.42 Å². The van der Waals surface area contributed by atoms with Crippen molar-refractivity contribution in [2.45, 2.75) is 24.2 Å². The van der Waals surface area contributed by atoms with Gasteiger partial charge >= 0.3 is 0 Å². The van der Waals surface area contributed by atoms with E-state index in [1.54, 1.807) is 31.4 Å². The van der Waals surface area contributed by atoms with E-state index < -0.39 is 15.5 Å². The van der Waals surface area contributed by atoms with Crippen molar-refractivity contribution in [1.29, 1.82) is 0 Å². The minimum atomic E-state index is -3.82. The molecule has 0 spiro atoms. The number of benzene rings is 2. The van der Waals surface area contributed by atoms with Gasteiger partial charge in [0.25, 0.3) is 10.1 Å². The highest BCUT2D eigenvalue weighted by molar-refractivity contribution is 9.10. The Morgan fingerprint density at radius 1 is 1.12 bits per heavy atom. The molecule has 7 heteroatoms. The highest BCUT2D eigenvalue weighted by Gasteiger charge is 2.26. The average molecular weight is 434 g/mol. The second-order valence-electron chi connectivity index (χ2n) is 5.90. The van der Waals surface area contributed by atoms with E-state index in [1.807, 2.05) is 19.9 Å². The fourth-order valence-corrected chi connectivity index (χ4v) is 3.64. The summed E-state index contributed by atoms with van der Waals surface area (Å²) >= 11 is 9.42. The van der Waals surface area contributed by atoms with Crippen molar-refractivity contribution in [1.82, 2.24) is 0 Å². The van der Waals surface area contributed by atoms with Gasteiger partial charge in [0, 0.05) is 9.89 Å². The SMILES string of the molecule is COc1ccc(C(C)(C)COS(=O)(=O)c2ccc(Br)cc2)cc1Cl. The van der Waals surface area contributed by atoms with E-state index in [0.717, 1.165) is 10.0 Å². The molecule has 0 radical (unpaired) electrons. The quantitative estimate of drug-likeness (QED) is 0.614. The molecule has 0 aliphatic heterocycles. The van der Waals surface area contributed by atoms with Crippen LogP contribution in [0.25, 0.3) is 0 Å². The first-order valence-electron chi connectivity index (χ1n) is 7.15. The summed E-state index contributed by atoms with van der Waals surface area (Å²) in [6.07, 6.45) is 0. The van der Waals surface area contributed by atoms with Gasteiger partial charge in [-0.25, -0.2) is 0 Å². The normalized spacial score (nSPS) is 12.2. The number of methoxy groups -OCH3 is 1. The van der Waals surface area contributed by atoms with Crippen LogP contribution in [0.3, 0.4) is 0 Å². The molecule has 0 saturated heterocycles. The van der Waals surface area contributed by atoms with Crippen molar-refractivity contribution in [2.75, 3.05) is 13.7 Å². The molecule has 130 valence electrons. The minimum absolute atomic E-state index is 0.00590. The monoisotopic (exact) mass is 432 g/mol. The fourth-order valence-electron chi connectivity index (χ4n) is 2.06. The predicted octanol–water partition coefficient (Wildman–Crippen LogP) is 4.79. The molecule has 24 heavy (non-hydrogen) atoms. The van der Waals surface area contributed by atoms with Crippen molar-refractivity contribution >= 4 is 37.6 Å². The van der Waals surface area contributed by atoms with Crippen LogP contribution in [0.1, 0.15) is 19.4 Å². The Morgan fingerprint density at radius 3 is 2.29 bits per heavy atom. The molecular weight excluding hydrogens is 416 g/mol. The third-order valence-electron chi connectivity index (χ3n) is 3.61. The largest absolute Gasteiger partial charge is 0.495 e. The van der Waals surface area contributed by atoms with E-state index in [2.05, 4.69) is 15.9 Å². The van der Waals surface area contributed by atoms with Crippen molar-refractivity contribution in [3.05, 3.63) is 57.5 Å². The van der Waals surface area contributed by atoms with Crippen LogP contribution in [0.5, 0.6) is 5.75 Å². The first-order chi connectivity index (χ1) is 11.2. The molecular formula is C17H18BrClO4S. The Morgan fingerprint density at radius 2 is 1.75 bits per heavy atom. The Balaban J connectivity index is 2.17. The van der Waals surface area contributed by atoms with E-state index >= 15 is 0 Å². The van der Waals surface area contributed by atoms with Crippen LogP contribution < -0.4 is 4.74 Å². The number of hydrogen-bond donors (Lipinski definition) is 0. The molecule has 2 aromatic rings. The molecule has 2 aromatic carbocycles. The summed E-state index contributed by atoms with van der Waals surface area (Å²) < 4.78 is 35.8. The van der Waals surface area contributed by atoms with Crippen molar-refractivity contribution < 1.29 is 17.3 Å². The fraction of sp³-hybridized carbons (Fsp3) is 0.294. The highest BCUT2D eigenvalue weighted by Crippen LogP contribution is 2.32. The Kier molecular flexibility index (Phi) is 5.96. The molecule has 0 aromatic heterocycles. The maximum absolute atomic E-state index is 12.3. The van der Waals surface area contributed by atoms with Gasteiger partial charge in [0.05, 0.1) is 23.6 Å². The number of hydrogen-bond acceptors (Lipinski definition) is 4. The third-order valence-corrected chi connectivity index (χ3v) is 5.71. The zero-order valence-electron chi connectivity index (χ0n) is 13.5. The van der Waals surface area contributed by atoms with Crippen molar-refractivity contribution in [3.63, 3.8) is 0 Å². The molecule has 2 rings (SSSR count). The van der Waals surface area contributed by atoms with Crippen molar-refractivity contribution in [2.24, 2.45) is 0 Å². The van der Waals surface area contributed by atoms with Gasteiger partial charge in [-0.3, -0.25) is 4.18 Å². The van der Waals surface area contributed by atoms with E-state index in [1.165, 1.54) is 12.1 Å². The second-order valence-corrected chi connectivity index (χ2v) is 8.84. The number of rotatable bonds is 6. The zero-order valence-corrected chi connectivity index (χ0v) is 16.7. The first kappa shape index (κ1) is 19.2. The topological polar surface area (TPSA) is 52.6 Å². The molecule has 0 heterocycles. The molecule has 4 nitrogen and oxygen atoms in total. The van der Waals surface area contributed by atoms with Gasteiger partial charge < -0.3 is 4.74 Å². The van der Waals surface area contributed by atoms with Crippen LogP contribution in [0.15, 0.2) is 51.8 Å². The molecule has 0 aliphatic rings. The summed E-state index contributed by atoms with van der Waals surface area (Å²) in [4.78, 5) is 0.120. The minimum Gasteiger partial charge on any atom is -0.495 e. The molecule has 0 fully saturated rings. The summed E-state index contributed by atoms with van der Waals surface area (Å²) in [5.74, 6) is 0.569. The lowest BCUT2D eigenvalue weighted by Gasteiger charge is -2.25. The number of halogens is 2. The van der Waals surface area contributed by atoms with Gasteiger partial charge in [0.1, 0.15) is 5.75 Å². The standard InChI is InChI=1S/C17H18BrClO4S/c1-17(2,12-4-9-16(22-3)15(19)10-12)11-23-24(20,21)14-7-5-13(18)6-8-14/h4-10H,11H2,1-3H3. The lowest BCUT2D eigenvalue weighted by molar-refractivity contribution is 0.245. The van der Waals surface area contributed by atoms with Crippen LogP contribution in [-0.2, 0) is 19.7 Å². The Labute approximate surface area is 156 Å². The van der Waals surface area contributed by atoms with Crippen molar-refractivity contribution in [3.8, 4) is 5.75 Å². The molecule has 0 bridgehead atoms. The maximum atomic E-state index is 12.3. The van der Waals surface area contributed by atoms with Gasteiger partial charge in [-0.15, -0.1) is 0 Å². The highest BCUT2D eigenvalue weighted by atomic mass is 79.9. The molecule has 0 atom stereocenters. The number of ether oxygens (including phenoxy) is 1. The average Bonchev–Trinajstić information content (AvgIpc) is 2.53. The predicted molar refractivity (Wildman–Crippen MR) is 98.3 cm³/mol. The smallest absolute Gasteiger partial charge is 0.297 e. The van der Waals surface area contributed by atoms with E-state index in [0.29, 0.717) is 10.8 Å².